The molecular formula is C20H25O6S-. The molecule has 0 saturated heterocycles. The molecule has 0 aliphatic rings. The average molecular weight is 393 g/mol. The number of hydrogen-bond acceptors (Lipinski definition) is 6. The lowest BCUT2D eigenvalue weighted by molar-refractivity contribution is -0.156. The third-order valence-electron chi connectivity index (χ3n) is 3.91. The maximum absolute atomic E-state index is 12.4. The van der Waals surface area contributed by atoms with Crippen molar-refractivity contribution in [1.82, 2.24) is 0 Å². The van der Waals surface area contributed by atoms with Crippen LogP contribution in [-0.2, 0) is 31.5 Å². The normalized spacial score (nSPS) is 15.1. The van der Waals surface area contributed by atoms with E-state index >= 15 is 0 Å². The highest BCUT2D eigenvalue weighted by atomic mass is 32.2. The summed E-state index contributed by atoms with van der Waals surface area (Å²) in [6, 6.07) is 10.9. The zero-order valence-corrected chi connectivity index (χ0v) is 16.8. The van der Waals surface area contributed by atoms with Crippen molar-refractivity contribution in [2.45, 2.75) is 52.2 Å². The molecule has 148 valence electrons. The standard InChI is InChI=1S/C20H26O6S/c1-14-7-9-15(10-8-14)19(26-27(22)23)16(12-17-6-5-11-24-17)13-18(21)25-20(2,3)4/h5-11,16,19H,12-13H2,1-4H3,(H,22,23)/p-1. The van der Waals surface area contributed by atoms with Crippen LogP contribution in [0.15, 0.2) is 47.1 Å². The molecule has 0 N–H and O–H groups in total. The molecule has 7 heteroatoms. The van der Waals surface area contributed by atoms with E-state index in [1.54, 1.807) is 45.0 Å². The van der Waals surface area contributed by atoms with E-state index in [1.165, 1.54) is 6.26 Å². The van der Waals surface area contributed by atoms with Gasteiger partial charge in [-0.15, -0.1) is 0 Å². The number of rotatable bonds is 8. The third-order valence-corrected chi connectivity index (χ3v) is 4.27. The Morgan fingerprint density at radius 2 is 1.89 bits per heavy atom. The molecule has 1 heterocycles. The number of furan rings is 1. The Morgan fingerprint density at radius 3 is 2.41 bits per heavy atom. The van der Waals surface area contributed by atoms with Crippen LogP contribution in [0.3, 0.4) is 0 Å². The Hall–Kier alpha value is -1.96. The fourth-order valence-electron chi connectivity index (χ4n) is 2.82. The molecule has 6 nitrogen and oxygen atoms in total. The Bertz CT molecular complexity index is 746. The van der Waals surface area contributed by atoms with Gasteiger partial charge in [-0.2, -0.15) is 0 Å². The molecule has 27 heavy (non-hydrogen) atoms. The molecule has 0 spiro atoms. The van der Waals surface area contributed by atoms with Crippen LogP contribution >= 0.6 is 0 Å². The van der Waals surface area contributed by atoms with Crippen LogP contribution in [0.2, 0.25) is 0 Å². The molecule has 0 bridgehead atoms. The highest BCUT2D eigenvalue weighted by molar-refractivity contribution is 7.74. The molecule has 2 rings (SSSR count). The van der Waals surface area contributed by atoms with Gasteiger partial charge in [-0.05, 0) is 45.4 Å². The summed E-state index contributed by atoms with van der Waals surface area (Å²) in [6.07, 6.45) is 1.03. The number of carbonyl (C=O) groups is 1. The van der Waals surface area contributed by atoms with E-state index in [0.29, 0.717) is 17.7 Å². The molecule has 0 fully saturated rings. The van der Waals surface area contributed by atoms with Crippen molar-refractivity contribution in [1.29, 1.82) is 0 Å². The minimum absolute atomic E-state index is 0.00624. The number of carbonyl (C=O) groups excluding carboxylic acids is 1. The van der Waals surface area contributed by atoms with Gasteiger partial charge in [-0.1, -0.05) is 29.8 Å². The number of benzene rings is 1. The summed E-state index contributed by atoms with van der Waals surface area (Å²) in [5, 5.41) is 0. The van der Waals surface area contributed by atoms with E-state index in [-0.39, 0.29) is 6.42 Å². The van der Waals surface area contributed by atoms with Crippen molar-refractivity contribution in [2.24, 2.45) is 5.92 Å². The summed E-state index contributed by atoms with van der Waals surface area (Å²) in [5.41, 5.74) is 1.08. The second-order valence-corrected chi connectivity index (χ2v) is 8.07. The minimum atomic E-state index is -2.74. The number of esters is 1. The minimum Gasteiger partial charge on any atom is -0.750 e. The Morgan fingerprint density at radius 1 is 1.22 bits per heavy atom. The number of ether oxygens (including phenoxy) is 1. The molecular weight excluding hydrogens is 368 g/mol. The van der Waals surface area contributed by atoms with Crippen LogP contribution in [0.1, 0.15) is 50.2 Å². The summed E-state index contributed by atoms with van der Waals surface area (Å²) in [4.78, 5) is 12.4. The van der Waals surface area contributed by atoms with E-state index in [0.717, 1.165) is 5.56 Å². The first kappa shape index (κ1) is 21.3. The van der Waals surface area contributed by atoms with Crippen molar-refractivity contribution in [3.05, 3.63) is 59.5 Å². The van der Waals surface area contributed by atoms with E-state index in [1.807, 2.05) is 19.1 Å². The summed E-state index contributed by atoms with van der Waals surface area (Å²) in [7, 11) is 0. The van der Waals surface area contributed by atoms with E-state index in [4.69, 9.17) is 13.3 Å². The quantitative estimate of drug-likeness (QED) is 0.497. The Balaban J connectivity index is 2.31. The molecule has 1 aromatic heterocycles. The van der Waals surface area contributed by atoms with Crippen molar-refractivity contribution in [3.63, 3.8) is 0 Å². The lowest BCUT2D eigenvalue weighted by Gasteiger charge is -2.28. The smallest absolute Gasteiger partial charge is 0.306 e. The summed E-state index contributed by atoms with van der Waals surface area (Å²) in [6.45, 7) is 7.29. The summed E-state index contributed by atoms with van der Waals surface area (Å²) in [5.74, 6) is -0.260. The van der Waals surface area contributed by atoms with Crippen LogP contribution in [0, 0.1) is 12.8 Å². The lowest BCUT2D eigenvalue weighted by atomic mass is 9.89. The highest BCUT2D eigenvalue weighted by Crippen LogP contribution is 2.33. The Labute approximate surface area is 162 Å². The van der Waals surface area contributed by atoms with Gasteiger partial charge in [-0.25, -0.2) is 4.21 Å². The monoisotopic (exact) mass is 393 g/mol. The Kier molecular flexibility index (Phi) is 7.35. The third kappa shape index (κ3) is 7.28. The van der Waals surface area contributed by atoms with Crippen molar-refractivity contribution < 1.29 is 26.9 Å². The van der Waals surface area contributed by atoms with E-state index in [2.05, 4.69) is 0 Å². The second kappa shape index (κ2) is 9.30. The van der Waals surface area contributed by atoms with Gasteiger partial charge in [0.25, 0.3) is 0 Å². The lowest BCUT2D eigenvalue weighted by Crippen LogP contribution is -2.28. The SMILES string of the molecule is Cc1ccc(C(OS(=O)[O-])C(CC(=O)OC(C)(C)C)Cc2ccco2)cc1. The van der Waals surface area contributed by atoms with Gasteiger partial charge < -0.3 is 13.7 Å². The van der Waals surface area contributed by atoms with Gasteiger partial charge in [0.1, 0.15) is 17.5 Å². The van der Waals surface area contributed by atoms with Crippen molar-refractivity contribution in [2.75, 3.05) is 0 Å². The maximum Gasteiger partial charge on any atom is 0.306 e. The van der Waals surface area contributed by atoms with Gasteiger partial charge in [0.15, 0.2) is 0 Å². The summed E-state index contributed by atoms with van der Waals surface area (Å²) >= 11 is -2.74. The molecule has 3 unspecified atom stereocenters. The number of hydrogen-bond donors (Lipinski definition) is 0. The zero-order chi connectivity index (χ0) is 20.0. The predicted octanol–water partition coefficient (Wildman–Crippen LogP) is 4.03. The van der Waals surface area contributed by atoms with Crippen molar-refractivity contribution in [3.8, 4) is 0 Å². The van der Waals surface area contributed by atoms with Gasteiger partial charge >= 0.3 is 5.97 Å². The van der Waals surface area contributed by atoms with Gasteiger partial charge in [0.05, 0.1) is 24.0 Å². The molecule has 3 atom stereocenters. The first-order valence-corrected chi connectivity index (χ1v) is 9.71. The molecule has 0 radical (unpaired) electrons. The molecule has 0 aliphatic carbocycles. The van der Waals surface area contributed by atoms with Crippen LogP contribution in [-0.4, -0.2) is 20.3 Å². The molecule has 0 amide bonds. The van der Waals surface area contributed by atoms with Gasteiger partial charge in [-0.3, -0.25) is 8.98 Å². The predicted molar refractivity (Wildman–Crippen MR) is 100 cm³/mol. The van der Waals surface area contributed by atoms with Crippen LogP contribution in [0.4, 0.5) is 0 Å². The highest BCUT2D eigenvalue weighted by Gasteiger charge is 2.30. The summed E-state index contributed by atoms with van der Waals surface area (Å²) < 4.78 is 38.6. The van der Waals surface area contributed by atoms with E-state index < -0.39 is 35.0 Å². The fourth-order valence-corrected chi connectivity index (χ4v) is 3.26. The number of aryl methyl sites for hydroxylation is 1. The average Bonchev–Trinajstić information content (AvgIpc) is 3.04. The van der Waals surface area contributed by atoms with Gasteiger partial charge in [0, 0.05) is 12.3 Å². The maximum atomic E-state index is 12.4. The molecule has 2 aromatic rings. The first-order chi connectivity index (χ1) is 12.6. The van der Waals surface area contributed by atoms with Crippen LogP contribution in [0.5, 0.6) is 0 Å². The second-order valence-electron chi connectivity index (χ2n) is 7.47. The molecule has 1 aromatic carbocycles. The van der Waals surface area contributed by atoms with E-state index in [9.17, 15) is 13.6 Å². The topological polar surface area (TPSA) is 88.8 Å². The fraction of sp³-hybridized carbons (Fsp3) is 0.450. The molecule has 0 aliphatic heterocycles. The van der Waals surface area contributed by atoms with Gasteiger partial charge in [0.2, 0.25) is 0 Å². The first-order valence-electron chi connectivity index (χ1n) is 8.71. The molecule has 0 saturated carbocycles. The van der Waals surface area contributed by atoms with Crippen LogP contribution in [0.25, 0.3) is 0 Å². The van der Waals surface area contributed by atoms with Crippen molar-refractivity contribution >= 4 is 17.3 Å². The largest absolute Gasteiger partial charge is 0.750 e. The van der Waals surface area contributed by atoms with Crippen LogP contribution < -0.4 is 0 Å². The zero-order valence-electron chi connectivity index (χ0n) is 16.0.